The van der Waals surface area contributed by atoms with E-state index in [1.54, 1.807) is 20.1 Å². The number of amides is 9. The molecule has 33 nitrogen and oxygen atoms in total. The molecule has 0 aliphatic rings. The molecule has 1 rings (SSSR count). The van der Waals surface area contributed by atoms with Crippen LogP contribution in [-0.4, -0.2) is 214 Å². The Morgan fingerprint density at radius 1 is 0.515 bits per heavy atom. The second kappa shape index (κ2) is 51.1. The average Bonchev–Trinajstić information content (AvgIpc) is 0.862. The number of nitrogens with one attached hydrogen (secondary N) is 7. The van der Waals surface area contributed by atoms with Gasteiger partial charge in [0.1, 0.15) is 17.8 Å². The highest BCUT2D eigenvalue weighted by molar-refractivity contribution is 7.98. The van der Waals surface area contributed by atoms with Crippen LogP contribution in [0.4, 0.5) is 0 Å². The van der Waals surface area contributed by atoms with Gasteiger partial charge < -0.3 is 92.0 Å². The number of ketones is 5. The third kappa shape index (κ3) is 38.8. The van der Waals surface area contributed by atoms with Crippen LogP contribution in [-0.2, 0) is 78.3 Å². The first-order valence-electron chi connectivity index (χ1n) is 34.6. The average molecular weight is 1490 g/mol. The lowest BCUT2D eigenvalue weighted by atomic mass is 9.87. The predicted octanol–water partition coefficient (Wildman–Crippen LogP) is -1.68. The Morgan fingerprint density at radius 3 is 1.47 bits per heavy atom. The van der Waals surface area contributed by atoms with Crippen molar-refractivity contribution in [3.05, 3.63) is 29.8 Å². The molecule has 0 aliphatic heterocycles. The van der Waals surface area contributed by atoms with Crippen LogP contribution in [0.2, 0.25) is 0 Å². The van der Waals surface area contributed by atoms with Gasteiger partial charge in [-0.25, -0.2) is 0 Å². The number of phenolic OH excluding ortho intramolecular Hbond substituents is 1. The largest absolute Gasteiger partial charge is 0.508 e. The number of aliphatic hydroxyl groups excluding tert-OH is 2. The Labute approximate surface area is 610 Å². The quantitative estimate of drug-likeness (QED) is 0.0197. The third-order valence-electron chi connectivity index (χ3n) is 16.8. The van der Waals surface area contributed by atoms with E-state index in [1.807, 2.05) is 6.26 Å². The molecule has 1 aromatic carbocycles. The molecule has 0 saturated carbocycles. The summed E-state index contributed by atoms with van der Waals surface area (Å²) in [7, 11) is 0. The van der Waals surface area contributed by atoms with Crippen molar-refractivity contribution in [1.29, 1.82) is 0 Å². The van der Waals surface area contributed by atoms with Gasteiger partial charge in [0.15, 0.2) is 34.9 Å². The molecule has 0 heterocycles. The molecular weight excluding hydrogens is 1380 g/mol. The summed E-state index contributed by atoms with van der Waals surface area (Å²) >= 11 is 2.73. The lowest BCUT2D eigenvalue weighted by molar-refractivity contribution is -0.141. The third-order valence-corrected chi connectivity index (χ3v) is 18.1. The maximum Gasteiger partial charge on any atom is 0.305 e. The zero-order valence-electron chi connectivity index (χ0n) is 60.0. The Bertz CT molecular complexity index is 2990. The number of aliphatic hydroxyl groups is 2. The first-order valence-corrected chi connectivity index (χ1v) is 37.4. The number of aromatic hydroxyl groups is 1. The van der Waals surface area contributed by atoms with E-state index in [0.29, 0.717) is 37.0 Å². The highest BCUT2D eigenvalue weighted by Crippen LogP contribution is 2.25. The molecule has 0 aliphatic carbocycles. The number of nitrogens with zero attached hydrogens (tertiary/aromatic N) is 1. The summed E-state index contributed by atoms with van der Waals surface area (Å²) < 4.78 is 0. The SMILES string of the molecule is CSCC[C@H](NC(=O)[C@H](CO)CC(=O)[C@H](CCCN=C(N)N)NC(=O)[C@@H](CC(=O)[C@H](CCCCN)NC(=O)[C@H](CCCCN)CC(=O)[C@H](CCC(N)=O)NC(=O)[C@@H](CC(=O)CNC(=O)[C@H](CCSC)NC(C)=O)Cc1ccc(O)cc1)CC(C)C)C(=O)C[C@H](C(=O)N[C@@H](CC(=O)O)C(N)=O)[C@@H](C)O. The Morgan fingerprint density at radius 2 is 0.981 bits per heavy atom. The van der Waals surface area contributed by atoms with Gasteiger partial charge in [-0.1, -0.05) is 32.4 Å². The number of carboxylic acids is 1. The zero-order chi connectivity index (χ0) is 77.9. The summed E-state index contributed by atoms with van der Waals surface area (Å²) in [6.07, 6.45) is -0.824. The van der Waals surface area contributed by atoms with Gasteiger partial charge in [-0.05, 0) is 145 Å². The molecule has 0 spiro atoms. The minimum absolute atomic E-state index is 0.0175. The number of phenols is 1. The second-order valence-corrected chi connectivity index (χ2v) is 28.1. The molecule has 12 atom stereocenters. The molecule has 0 saturated heterocycles. The first-order chi connectivity index (χ1) is 48.6. The molecule has 35 heteroatoms. The fraction of sp³-hybridized carbons (Fsp3) is 0.676. The van der Waals surface area contributed by atoms with Crippen molar-refractivity contribution >= 4 is 118 Å². The lowest BCUT2D eigenvalue weighted by Gasteiger charge is -2.27. The van der Waals surface area contributed by atoms with Gasteiger partial charge in [-0.15, -0.1) is 0 Å². The van der Waals surface area contributed by atoms with Gasteiger partial charge in [0.05, 0.1) is 61.7 Å². The summed E-state index contributed by atoms with van der Waals surface area (Å²) in [6, 6.07) is -2.31. The van der Waals surface area contributed by atoms with Crippen LogP contribution in [0.25, 0.3) is 0 Å². The summed E-state index contributed by atoms with van der Waals surface area (Å²) in [4.78, 5) is 207. The number of hydrogen-bond donors (Lipinski definition) is 17. The summed E-state index contributed by atoms with van der Waals surface area (Å²) in [5.41, 5.74) is 34.2. The monoisotopic (exact) mass is 1490 g/mol. The van der Waals surface area contributed by atoms with Crippen molar-refractivity contribution in [2.24, 2.45) is 74.9 Å². The van der Waals surface area contributed by atoms with E-state index < -0.39 is 218 Å². The van der Waals surface area contributed by atoms with Gasteiger partial charge in [-0.3, -0.25) is 76.9 Å². The fourth-order valence-corrected chi connectivity index (χ4v) is 12.1. The van der Waals surface area contributed by atoms with E-state index in [9.17, 15) is 92.3 Å². The number of Topliss-reactive ketones (excluding diaryl/α,β-unsaturated/α-hetero) is 5. The lowest BCUT2D eigenvalue weighted by Crippen LogP contribution is -2.51. The highest BCUT2D eigenvalue weighted by atomic mass is 32.2. The van der Waals surface area contributed by atoms with Gasteiger partial charge in [0.2, 0.25) is 53.2 Å². The molecule has 23 N–H and O–H groups in total. The van der Waals surface area contributed by atoms with Gasteiger partial charge in [0.25, 0.3) is 0 Å². The van der Waals surface area contributed by atoms with E-state index in [0.717, 1.165) is 0 Å². The van der Waals surface area contributed by atoms with E-state index in [1.165, 1.54) is 61.6 Å². The normalized spacial score (nSPS) is 14.7. The number of unbranched alkanes of at least 4 members (excludes halogenated alkanes) is 2. The number of thioether (sulfide) groups is 2. The number of guanidine groups is 1. The molecular formula is C68H112N14O19S2. The van der Waals surface area contributed by atoms with Crippen molar-refractivity contribution in [2.75, 3.05) is 56.8 Å². The van der Waals surface area contributed by atoms with Crippen LogP contribution in [0.5, 0.6) is 5.75 Å². The number of benzene rings is 1. The van der Waals surface area contributed by atoms with Crippen LogP contribution < -0.4 is 71.6 Å². The maximum absolute atomic E-state index is 14.8. The molecule has 103 heavy (non-hydrogen) atoms. The Balaban J connectivity index is 3.70. The fourth-order valence-electron chi connectivity index (χ4n) is 11.1. The standard InChI is InChI=1S/C68H112N14O19S2/c1-38(2)28-43(63(97)79-50(14-11-25-75-68(73)74)57(90)33-45(37-83)65(99)81-52(21-26-102-5)58(91)34-48(39(3)84)66(100)82-54(61(72)95)35-60(93)94)32-56(89)49(13-8-10-24-70)78-62(96)42(12-7-9-23-69)31-55(88)51(19-20-59(71)92)80-64(98)44(29-41-15-17-46(86)18-16-41)30-47(87)36-76-67(101)53(22-27-103-6)77-40(4)85/h15-18,38-39,42-45,48-54,83-84,86H,7-14,19-37,69-70H2,1-6H3,(H2,71,92)(H2,72,95)(H,76,101)(H,77,85)(H,78,96)(H,79,97)(H,80,98)(H,81,99)(H,82,100)(H,93,94)(H4,73,74,75)/t39-,42-,43-,44-,45+,48+,49+,50+,51+,52+,53+,54+/m1/s1. The van der Waals surface area contributed by atoms with Crippen LogP contribution in [0, 0.1) is 35.5 Å². The Hall–Kier alpha value is -8.12. The number of aliphatic carboxylic acids is 1. The van der Waals surface area contributed by atoms with Crippen molar-refractivity contribution in [3.63, 3.8) is 0 Å². The summed E-state index contributed by atoms with van der Waals surface area (Å²) in [6.45, 7) is 4.92. The van der Waals surface area contributed by atoms with E-state index in [4.69, 9.17) is 34.4 Å². The van der Waals surface area contributed by atoms with Crippen LogP contribution in [0.15, 0.2) is 29.3 Å². The topological polar surface area (TPSA) is 590 Å². The number of aliphatic imine (C=N–C) groups is 1. The van der Waals surface area contributed by atoms with Gasteiger partial charge in [0, 0.05) is 69.7 Å². The van der Waals surface area contributed by atoms with Gasteiger partial charge >= 0.3 is 5.97 Å². The smallest absolute Gasteiger partial charge is 0.305 e. The van der Waals surface area contributed by atoms with Crippen molar-refractivity contribution in [3.8, 4) is 5.75 Å². The van der Waals surface area contributed by atoms with Crippen molar-refractivity contribution < 1.29 is 92.3 Å². The molecule has 0 fully saturated rings. The molecule has 0 radical (unpaired) electrons. The predicted molar refractivity (Wildman–Crippen MR) is 387 cm³/mol. The molecule has 0 unspecified atom stereocenters. The number of carbonyl (C=O) groups is 15. The van der Waals surface area contributed by atoms with Crippen molar-refractivity contribution in [1.82, 2.24) is 37.2 Å². The number of nitrogens with two attached hydrogens (primary N) is 6. The highest BCUT2D eigenvalue weighted by Gasteiger charge is 2.38. The minimum atomic E-state index is -1.69. The number of carbonyl (C=O) groups excluding carboxylic acids is 14. The summed E-state index contributed by atoms with van der Waals surface area (Å²) in [5, 5.41) is 58.3. The van der Waals surface area contributed by atoms with Gasteiger partial charge in [-0.2, -0.15) is 23.5 Å². The number of carboxylic acid groups (broad SMARTS) is 1. The molecule has 1 aromatic rings. The van der Waals surface area contributed by atoms with E-state index in [-0.39, 0.29) is 101 Å². The molecule has 0 aromatic heterocycles. The molecule has 9 amide bonds. The van der Waals surface area contributed by atoms with Crippen molar-refractivity contribution in [2.45, 2.75) is 198 Å². The summed E-state index contributed by atoms with van der Waals surface area (Å²) in [5.74, 6) is -18.8. The number of rotatable bonds is 58. The molecule has 580 valence electrons. The van der Waals surface area contributed by atoms with Crippen LogP contribution >= 0.6 is 23.5 Å². The second-order valence-electron chi connectivity index (χ2n) is 26.1. The van der Waals surface area contributed by atoms with E-state index in [2.05, 4.69) is 42.2 Å². The minimum Gasteiger partial charge on any atom is -0.508 e. The van der Waals surface area contributed by atoms with Crippen LogP contribution in [0.3, 0.4) is 0 Å². The first kappa shape index (κ1) is 92.9. The number of primary amides is 2. The zero-order valence-corrected chi connectivity index (χ0v) is 61.7. The number of hydrogen-bond acceptors (Lipinski definition) is 23. The molecule has 0 bridgehead atoms. The van der Waals surface area contributed by atoms with Crippen LogP contribution in [0.1, 0.15) is 155 Å². The Kier molecular flexibility index (Phi) is 46.1. The maximum atomic E-state index is 14.8. The van der Waals surface area contributed by atoms with E-state index >= 15 is 0 Å².